The van der Waals surface area contributed by atoms with Gasteiger partial charge in [0, 0.05) is 12.6 Å². The summed E-state index contributed by atoms with van der Waals surface area (Å²) < 4.78 is 41.3. The van der Waals surface area contributed by atoms with Gasteiger partial charge in [-0.2, -0.15) is 5.10 Å². The molecule has 122 valence electrons. The summed E-state index contributed by atoms with van der Waals surface area (Å²) in [6, 6.07) is 5.91. The van der Waals surface area contributed by atoms with E-state index in [9.17, 15) is 12.8 Å². The first kappa shape index (κ1) is 18.6. The standard InChI is InChI=1S/C13H17FN4O2S.ClH/c1-10(15)6-7-17-21(19,20)11-8-16-18(9-11)13-5-3-2-4-12(13)14;/h2-5,8-10,17H,6-7,15H2,1H3;1H. The number of rotatable bonds is 6. The third-order valence-electron chi connectivity index (χ3n) is 2.86. The van der Waals surface area contributed by atoms with Crippen LogP contribution in [0.3, 0.4) is 0 Å². The Kier molecular flexibility index (Phi) is 6.48. The molecule has 1 heterocycles. The van der Waals surface area contributed by atoms with Crippen LogP contribution in [-0.4, -0.2) is 30.8 Å². The van der Waals surface area contributed by atoms with Gasteiger partial charge in [0.2, 0.25) is 10.0 Å². The van der Waals surface area contributed by atoms with E-state index < -0.39 is 15.8 Å². The molecule has 0 saturated carbocycles. The van der Waals surface area contributed by atoms with Crippen molar-refractivity contribution in [1.82, 2.24) is 14.5 Å². The van der Waals surface area contributed by atoms with Crippen LogP contribution >= 0.6 is 12.4 Å². The van der Waals surface area contributed by atoms with Gasteiger partial charge in [-0.05, 0) is 25.5 Å². The van der Waals surface area contributed by atoms with Gasteiger partial charge in [0.15, 0.2) is 0 Å². The van der Waals surface area contributed by atoms with Crippen LogP contribution in [0.5, 0.6) is 0 Å². The molecule has 0 saturated heterocycles. The maximum atomic E-state index is 13.6. The maximum Gasteiger partial charge on any atom is 0.243 e. The summed E-state index contributed by atoms with van der Waals surface area (Å²) in [5, 5.41) is 3.89. The van der Waals surface area contributed by atoms with Crippen molar-refractivity contribution in [2.75, 3.05) is 6.54 Å². The van der Waals surface area contributed by atoms with Gasteiger partial charge < -0.3 is 5.73 Å². The van der Waals surface area contributed by atoms with E-state index in [1.807, 2.05) is 0 Å². The molecule has 0 aliphatic rings. The van der Waals surface area contributed by atoms with Crippen molar-refractivity contribution >= 4 is 22.4 Å². The smallest absolute Gasteiger partial charge is 0.243 e. The molecule has 9 heteroatoms. The Morgan fingerprint density at radius 1 is 1.41 bits per heavy atom. The van der Waals surface area contributed by atoms with Crippen LogP contribution in [0.2, 0.25) is 0 Å². The highest BCUT2D eigenvalue weighted by Crippen LogP contribution is 2.15. The Morgan fingerprint density at radius 2 is 2.09 bits per heavy atom. The number of halogens is 2. The molecule has 0 bridgehead atoms. The van der Waals surface area contributed by atoms with E-state index in [1.165, 1.54) is 29.2 Å². The fourth-order valence-corrected chi connectivity index (χ4v) is 2.70. The third kappa shape index (κ3) is 4.51. The number of nitrogens with one attached hydrogen (secondary N) is 1. The summed E-state index contributed by atoms with van der Waals surface area (Å²) in [5.41, 5.74) is 5.75. The summed E-state index contributed by atoms with van der Waals surface area (Å²) in [6.45, 7) is 2.04. The van der Waals surface area contributed by atoms with E-state index in [0.717, 1.165) is 0 Å². The Bertz CT molecular complexity index is 718. The van der Waals surface area contributed by atoms with E-state index in [1.54, 1.807) is 19.1 Å². The minimum absolute atomic E-state index is 0. The van der Waals surface area contributed by atoms with E-state index in [2.05, 4.69) is 9.82 Å². The maximum absolute atomic E-state index is 13.6. The first-order chi connectivity index (χ1) is 9.90. The lowest BCUT2D eigenvalue weighted by molar-refractivity contribution is 0.571. The average Bonchev–Trinajstić information content (AvgIpc) is 2.88. The third-order valence-corrected chi connectivity index (χ3v) is 4.28. The second-order valence-electron chi connectivity index (χ2n) is 4.74. The van der Waals surface area contributed by atoms with Gasteiger partial charge in [0.05, 0.1) is 12.4 Å². The van der Waals surface area contributed by atoms with Crippen LogP contribution in [0.25, 0.3) is 5.69 Å². The van der Waals surface area contributed by atoms with E-state index in [-0.39, 0.29) is 35.6 Å². The van der Waals surface area contributed by atoms with E-state index >= 15 is 0 Å². The Morgan fingerprint density at radius 3 is 2.73 bits per heavy atom. The normalized spacial score (nSPS) is 12.7. The zero-order valence-electron chi connectivity index (χ0n) is 11.9. The molecule has 6 nitrogen and oxygen atoms in total. The number of sulfonamides is 1. The summed E-state index contributed by atoms with van der Waals surface area (Å²) >= 11 is 0. The molecule has 0 radical (unpaired) electrons. The van der Waals surface area contributed by atoms with Crippen LogP contribution in [0.4, 0.5) is 4.39 Å². The molecule has 0 spiro atoms. The van der Waals surface area contributed by atoms with Crippen LogP contribution in [0.15, 0.2) is 41.6 Å². The predicted molar refractivity (Wildman–Crippen MR) is 84.2 cm³/mol. The van der Waals surface area contributed by atoms with Crippen molar-refractivity contribution in [3.63, 3.8) is 0 Å². The number of aromatic nitrogens is 2. The largest absolute Gasteiger partial charge is 0.328 e. The topological polar surface area (TPSA) is 90.0 Å². The van der Waals surface area contributed by atoms with Gasteiger partial charge in [0.1, 0.15) is 16.4 Å². The van der Waals surface area contributed by atoms with E-state index in [4.69, 9.17) is 5.73 Å². The second kappa shape index (κ2) is 7.68. The molecule has 0 aliphatic heterocycles. The highest BCUT2D eigenvalue weighted by atomic mass is 35.5. The fourth-order valence-electron chi connectivity index (χ4n) is 1.72. The first-order valence-electron chi connectivity index (χ1n) is 6.45. The average molecular weight is 349 g/mol. The second-order valence-corrected chi connectivity index (χ2v) is 6.50. The monoisotopic (exact) mass is 348 g/mol. The molecule has 2 rings (SSSR count). The van der Waals surface area contributed by atoms with Crippen molar-refractivity contribution in [3.8, 4) is 5.69 Å². The van der Waals surface area contributed by atoms with Crippen LogP contribution in [0, 0.1) is 5.82 Å². The van der Waals surface area contributed by atoms with Gasteiger partial charge in [-0.1, -0.05) is 12.1 Å². The molecule has 3 N–H and O–H groups in total. The Balaban J connectivity index is 0.00000242. The zero-order valence-corrected chi connectivity index (χ0v) is 13.6. The highest BCUT2D eigenvalue weighted by Gasteiger charge is 2.17. The van der Waals surface area contributed by atoms with Crippen LogP contribution < -0.4 is 10.5 Å². The van der Waals surface area contributed by atoms with Crippen molar-refractivity contribution in [2.24, 2.45) is 5.73 Å². The Labute approximate surface area is 135 Å². The van der Waals surface area contributed by atoms with Crippen molar-refractivity contribution in [2.45, 2.75) is 24.3 Å². The van der Waals surface area contributed by atoms with Gasteiger partial charge in [0.25, 0.3) is 0 Å². The highest BCUT2D eigenvalue weighted by molar-refractivity contribution is 7.89. The lowest BCUT2D eigenvalue weighted by Crippen LogP contribution is -2.28. The Hall–Kier alpha value is -1.48. The van der Waals surface area contributed by atoms with Gasteiger partial charge in [-0.15, -0.1) is 12.4 Å². The summed E-state index contributed by atoms with van der Waals surface area (Å²) in [5.74, 6) is -0.477. The lowest BCUT2D eigenvalue weighted by atomic mass is 10.3. The molecule has 0 amide bonds. The molecular weight excluding hydrogens is 331 g/mol. The zero-order chi connectivity index (χ0) is 15.5. The summed E-state index contributed by atoms with van der Waals surface area (Å²) in [4.78, 5) is -0.0181. The summed E-state index contributed by atoms with van der Waals surface area (Å²) in [7, 11) is -3.67. The number of hydrogen-bond donors (Lipinski definition) is 2. The quantitative estimate of drug-likeness (QED) is 0.826. The molecule has 1 aromatic carbocycles. The number of nitrogens with two attached hydrogens (primary N) is 1. The molecule has 1 aromatic heterocycles. The van der Waals surface area contributed by atoms with E-state index in [0.29, 0.717) is 6.42 Å². The predicted octanol–water partition coefficient (Wildman–Crippen LogP) is 1.45. The fraction of sp³-hybridized carbons (Fsp3) is 0.308. The van der Waals surface area contributed by atoms with Crippen LogP contribution in [0.1, 0.15) is 13.3 Å². The molecule has 1 atom stereocenters. The van der Waals surface area contributed by atoms with Gasteiger partial charge in [-0.25, -0.2) is 22.2 Å². The van der Waals surface area contributed by atoms with Gasteiger partial charge in [-0.3, -0.25) is 0 Å². The molecule has 0 fully saturated rings. The molecule has 22 heavy (non-hydrogen) atoms. The van der Waals surface area contributed by atoms with Crippen molar-refractivity contribution < 1.29 is 12.8 Å². The number of hydrogen-bond acceptors (Lipinski definition) is 4. The number of benzene rings is 1. The lowest BCUT2D eigenvalue weighted by Gasteiger charge is -2.06. The van der Waals surface area contributed by atoms with Crippen molar-refractivity contribution in [3.05, 3.63) is 42.5 Å². The molecule has 0 aliphatic carbocycles. The SMILES string of the molecule is CC(N)CCNS(=O)(=O)c1cnn(-c2ccccc2F)c1.Cl. The van der Waals surface area contributed by atoms with Crippen molar-refractivity contribution in [1.29, 1.82) is 0 Å². The first-order valence-corrected chi connectivity index (χ1v) is 7.93. The minimum atomic E-state index is -3.67. The molecule has 1 unspecified atom stereocenters. The summed E-state index contributed by atoms with van der Waals surface area (Å²) in [6.07, 6.45) is 2.98. The molecule has 2 aromatic rings. The van der Waals surface area contributed by atoms with Crippen LogP contribution in [-0.2, 0) is 10.0 Å². The number of para-hydroxylation sites is 1. The minimum Gasteiger partial charge on any atom is -0.328 e. The number of nitrogens with zero attached hydrogens (tertiary/aromatic N) is 2. The van der Waals surface area contributed by atoms with Gasteiger partial charge >= 0.3 is 0 Å². The molecular formula is C13H18ClFN4O2S.